The summed E-state index contributed by atoms with van der Waals surface area (Å²) in [4.78, 5) is 0. The van der Waals surface area contributed by atoms with E-state index in [1.807, 2.05) is 6.55 Å². The van der Waals surface area contributed by atoms with E-state index in [4.69, 9.17) is 0 Å². The molecule has 0 saturated heterocycles. The summed E-state index contributed by atoms with van der Waals surface area (Å²) >= 11 is -1.87. The van der Waals surface area contributed by atoms with Crippen molar-refractivity contribution in [2.75, 3.05) is 0 Å². The monoisotopic (exact) mass is 462 g/mol. The summed E-state index contributed by atoms with van der Waals surface area (Å²) in [5, 5.41) is 0. The maximum absolute atomic E-state index is 2.52. The van der Waals surface area contributed by atoms with E-state index in [0.717, 1.165) is 0 Å². The Balaban J connectivity index is 1.95. The third kappa shape index (κ3) is 3.75. The van der Waals surface area contributed by atoms with Gasteiger partial charge in [-0.15, -0.1) is 0 Å². The normalized spacial score (nSPS) is 14.1. The van der Waals surface area contributed by atoms with Gasteiger partial charge in [-0.05, 0) is 0 Å². The molecule has 28 heavy (non-hydrogen) atoms. The standard InChI is InChI=1S/C15H13.C6H14Si.C5H5.Zr/c1-10-3-5-14-12(7-10)9-13-8-11(2)4-6-15(13)14;1-3-5-7-6-4-2;1-2-4-5-3-1;/h3-7H,9H2,1-2H3;3-6H2,1-2H3;1-3H,4H2;. The number of hydrogen-bond acceptors (Lipinski definition) is 0. The van der Waals surface area contributed by atoms with Gasteiger partial charge in [-0.3, -0.25) is 0 Å². The van der Waals surface area contributed by atoms with Crippen LogP contribution in [0.1, 0.15) is 55.4 Å². The Bertz CT molecular complexity index is 999. The van der Waals surface area contributed by atoms with Crippen molar-refractivity contribution in [3.05, 3.63) is 74.1 Å². The van der Waals surface area contributed by atoms with E-state index in [0.29, 0.717) is 0 Å². The van der Waals surface area contributed by atoms with Crippen LogP contribution in [-0.4, -0.2) is 5.43 Å². The molecule has 0 heterocycles. The molecule has 2 aromatic carbocycles. The second-order valence-corrected chi connectivity index (χ2v) is 23.5. The van der Waals surface area contributed by atoms with Crippen LogP contribution >= 0.6 is 0 Å². The first-order valence-electron chi connectivity index (χ1n) is 10.9. The molecule has 2 aromatic rings. The first kappa shape index (κ1) is 20.3. The van der Waals surface area contributed by atoms with E-state index in [1.54, 1.807) is 22.3 Å². The zero-order valence-corrected chi connectivity index (χ0v) is 21.3. The summed E-state index contributed by atoms with van der Waals surface area (Å²) in [5.41, 5.74) is 9.06. The van der Waals surface area contributed by atoms with Gasteiger partial charge in [0.1, 0.15) is 0 Å². The Morgan fingerprint density at radius 2 is 1.71 bits per heavy atom. The molecule has 2 aliphatic carbocycles. The van der Waals surface area contributed by atoms with Crippen molar-refractivity contribution in [2.45, 2.75) is 65.5 Å². The van der Waals surface area contributed by atoms with Gasteiger partial charge < -0.3 is 0 Å². The van der Waals surface area contributed by atoms with Crippen LogP contribution in [0.5, 0.6) is 0 Å². The van der Waals surface area contributed by atoms with Crippen LogP contribution in [0.15, 0.2) is 51.8 Å². The minimum absolute atomic E-state index is 0.269. The Labute approximate surface area is 179 Å². The number of fused-ring (bicyclic) bond motifs is 3. The van der Waals surface area contributed by atoms with E-state index in [1.165, 1.54) is 48.9 Å². The Morgan fingerprint density at radius 1 is 0.964 bits per heavy atom. The van der Waals surface area contributed by atoms with Crippen LogP contribution in [0.25, 0.3) is 11.1 Å². The predicted octanol–water partition coefficient (Wildman–Crippen LogP) is 6.77. The van der Waals surface area contributed by atoms with Crippen LogP contribution in [0.2, 0.25) is 12.1 Å². The zero-order valence-electron chi connectivity index (χ0n) is 17.9. The van der Waals surface area contributed by atoms with Gasteiger partial charge in [-0.1, -0.05) is 0 Å². The van der Waals surface area contributed by atoms with Crippen molar-refractivity contribution in [2.24, 2.45) is 0 Å². The Hall–Kier alpha value is -0.980. The molecule has 0 fully saturated rings. The second-order valence-electron chi connectivity index (χ2n) is 8.42. The van der Waals surface area contributed by atoms with Crippen LogP contribution in [0.3, 0.4) is 0 Å². The SMILES string of the molecule is CCC[Si](CCC)=[Zr]([C]1=CC=CC1)[c]1c(C)ccc2c1Cc1cc(C)ccc1-2. The first-order chi connectivity index (χ1) is 13.6. The molecule has 2 heteroatoms. The fourth-order valence-corrected chi connectivity index (χ4v) is 29.0. The van der Waals surface area contributed by atoms with Gasteiger partial charge >= 0.3 is 180 Å². The van der Waals surface area contributed by atoms with Crippen LogP contribution in [0.4, 0.5) is 0 Å². The first-order valence-corrected chi connectivity index (χ1v) is 19.0. The number of benzene rings is 2. The van der Waals surface area contributed by atoms with E-state index < -0.39 is 20.4 Å². The summed E-state index contributed by atoms with van der Waals surface area (Å²) in [6.07, 6.45) is 12.4. The van der Waals surface area contributed by atoms with Gasteiger partial charge in [0.25, 0.3) is 0 Å². The van der Waals surface area contributed by atoms with Crippen molar-refractivity contribution in [3.8, 4) is 11.1 Å². The molecule has 144 valence electrons. The van der Waals surface area contributed by atoms with E-state index in [9.17, 15) is 0 Å². The molecule has 0 saturated carbocycles. The Kier molecular flexibility index (Phi) is 6.38. The van der Waals surface area contributed by atoms with Gasteiger partial charge in [-0.2, -0.15) is 0 Å². The number of aryl methyl sites for hydroxylation is 2. The van der Waals surface area contributed by atoms with Crippen LogP contribution in [-0.2, 0) is 26.8 Å². The van der Waals surface area contributed by atoms with Crippen LogP contribution < -0.4 is 3.27 Å². The van der Waals surface area contributed by atoms with Gasteiger partial charge in [0.15, 0.2) is 0 Å². The molecule has 0 nitrogen and oxygen atoms in total. The van der Waals surface area contributed by atoms with Crippen molar-refractivity contribution >= 4 is 8.70 Å². The summed E-state index contributed by atoms with van der Waals surface area (Å²) in [5.74, 6) is 0. The van der Waals surface area contributed by atoms with Crippen LogP contribution in [0, 0.1) is 13.8 Å². The van der Waals surface area contributed by atoms with Crippen molar-refractivity contribution < 1.29 is 20.4 Å². The molecule has 2 aliphatic rings. The van der Waals surface area contributed by atoms with E-state index in [-0.39, 0.29) is 5.43 Å². The second kappa shape index (κ2) is 8.80. The summed E-state index contributed by atoms with van der Waals surface area (Å²) < 4.78 is 3.77. The molecule has 0 radical (unpaired) electrons. The van der Waals surface area contributed by atoms with E-state index in [2.05, 4.69) is 76.3 Å². The summed E-state index contributed by atoms with van der Waals surface area (Å²) in [7, 11) is 0. The summed E-state index contributed by atoms with van der Waals surface area (Å²) in [6, 6.07) is 15.0. The molecule has 0 amide bonds. The van der Waals surface area contributed by atoms with E-state index >= 15 is 0 Å². The molecule has 0 aromatic heterocycles. The number of allylic oxidation sites excluding steroid dienone is 4. The molecule has 0 atom stereocenters. The number of rotatable bonds is 6. The molecule has 0 unspecified atom stereocenters. The number of hydrogen-bond donors (Lipinski definition) is 0. The van der Waals surface area contributed by atoms with Crippen molar-refractivity contribution in [3.63, 3.8) is 0 Å². The molecule has 0 spiro atoms. The quantitative estimate of drug-likeness (QED) is 0.354. The molecular weight excluding hydrogens is 432 g/mol. The minimum atomic E-state index is -1.87. The van der Waals surface area contributed by atoms with Crippen molar-refractivity contribution in [1.29, 1.82) is 0 Å². The topological polar surface area (TPSA) is 0 Å². The molecular formula is C26H32SiZr. The third-order valence-electron chi connectivity index (χ3n) is 6.24. The van der Waals surface area contributed by atoms with Gasteiger partial charge in [0.05, 0.1) is 0 Å². The maximum atomic E-state index is 2.52. The van der Waals surface area contributed by atoms with Crippen molar-refractivity contribution in [1.82, 2.24) is 0 Å². The fourth-order valence-electron chi connectivity index (χ4n) is 5.05. The average Bonchev–Trinajstić information content (AvgIpc) is 3.31. The average molecular weight is 464 g/mol. The summed E-state index contributed by atoms with van der Waals surface area (Å²) in [6.45, 7) is 9.45. The Morgan fingerprint density at radius 3 is 2.39 bits per heavy atom. The molecule has 4 rings (SSSR count). The van der Waals surface area contributed by atoms with Gasteiger partial charge in [0, 0.05) is 0 Å². The molecule has 0 N–H and O–H groups in total. The van der Waals surface area contributed by atoms with Gasteiger partial charge in [0.2, 0.25) is 0 Å². The third-order valence-corrected chi connectivity index (χ3v) is 26.9. The fraction of sp³-hybridized carbons (Fsp3) is 0.385. The molecule has 0 bridgehead atoms. The zero-order chi connectivity index (χ0) is 19.7. The van der Waals surface area contributed by atoms with Gasteiger partial charge in [-0.25, -0.2) is 0 Å². The predicted molar refractivity (Wildman–Crippen MR) is 122 cm³/mol. The molecule has 0 aliphatic heterocycles.